The van der Waals surface area contributed by atoms with Crippen molar-refractivity contribution in [2.24, 2.45) is 5.92 Å². The Morgan fingerprint density at radius 2 is 1.91 bits per heavy atom. The zero-order chi connectivity index (χ0) is 15.4. The number of sulfonamides is 1. The van der Waals surface area contributed by atoms with Crippen LogP contribution in [0.15, 0.2) is 29.6 Å². The molecule has 22 heavy (non-hydrogen) atoms. The van der Waals surface area contributed by atoms with Gasteiger partial charge in [0.15, 0.2) is 5.13 Å². The van der Waals surface area contributed by atoms with E-state index in [1.54, 1.807) is 23.5 Å². The van der Waals surface area contributed by atoms with Gasteiger partial charge in [0.25, 0.3) is 0 Å². The molecule has 1 heterocycles. The summed E-state index contributed by atoms with van der Waals surface area (Å²) < 4.78 is 24.9. The molecule has 2 N–H and O–H groups in total. The average Bonchev–Trinajstić information content (AvgIpc) is 2.80. The van der Waals surface area contributed by atoms with Crippen LogP contribution < -0.4 is 10.0 Å². The second-order valence-electron chi connectivity index (χ2n) is 6.37. The number of nitrogens with one attached hydrogen (secondary N) is 2. The van der Waals surface area contributed by atoms with Crippen LogP contribution in [0.4, 0.5) is 10.8 Å². The SMILES string of the molecule is CS(=O)(=O)Nc1ccc(-c2csc(NC34CC(C3)C4)n2)cc1. The highest BCUT2D eigenvalue weighted by atomic mass is 32.2. The number of benzene rings is 1. The molecule has 3 aliphatic carbocycles. The first-order valence-electron chi connectivity index (χ1n) is 7.23. The molecule has 0 aliphatic heterocycles. The van der Waals surface area contributed by atoms with Crippen LogP contribution in [0.1, 0.15) is 19.3 Å². The fraction of sp³-hybridized carbons (Fsp3) is 0.400. The average molecular weight is 335 g/mol. The van der Waals surface area contributed by atoms with Crippen molar-refractivity contribution in [1.82, 2.24) is 4.98 Å². The second-order valence-corrected chi connectivity index (χ2v) is 8.98. The maximum atomic E-state index is 11.2. The largest absolute Gasteiger partial charge is 0.356 e. The Morgan fingerprint density at radius 1 is 1.23 bits per heavy atom. The van der Waals surface area contributed by atoms with Gasteiger partial charge in [-0.3, -0.25) is 4.72 Å². The van der Waals surface area contributed by atoms with E-state index >= 15 is 0 Å². The summed E-state index contributed by atoms with van der Waals surface area (Å²) in [5, 5.41) is 6.58. The molecular weight excluding hydrogens is 318 g/mol. The molecule has 1 aromatic heterocycles. The van der Waals surface area contributed by atoms with Crippen LogP contribution in [0.25, 0.3) is 11.3 Å². The summed E-state index contributed by atoms with van der Waals surface area (Å²) >= 11 is 1.63. The quantitative estimate of drug-likeness (QED) is 0.880. The fourth-order valence-electron chi connectivity index (χ4n) is 3.25. The topological polar surface area (TPSA) is 71.1 Å². The number of hydrogen-bond donors (Lipinski definition) is 2. The lowest BCUT2D eigenvalue weighted by Crippen LogP contribution is -2.63. The van der Waals surface area contributed by atoms with E-state index in [1.807, 2.05) is 17.5 Å². The van der Waals surface area contributed by atoms with Crippen molar-refractivity contribution in [3.05, 3.63) is 29.6 Å². The summed E-state index contributed by atoms with van der Waals surface area (Å²) in [6.07, 6.45) is 5.00. The summed E-state index contributed by atoms with van der Waals surface area (Å²) in [5.41, 5.74) is 2.81. The Bertz CT molecular complexity index is 795. The third-order valence-electron chi connectivity index (χ3n) is 4.40. The number of hydrogen-bond acceptors (Lipinski definition) is 5. The van der Waals surface area contributed by atoms with E-state index in [0.717, 1.165) is 28.6 Å². The molecule has 3 aliphatic rings. The van der Waals surface area contributed by atoms with Crippen molar-refractivity contribution < 1.29 is 8.42 Å². The summed E-state index contributed by atoms with van der Waals surface area (Å²) in [6.45, 7) is 0. The molecule has 0 amide bonds. The Kier molecular flexibility index (Phi) is 2.99. The highest BCUT2D eigenvalue weighted by Gasteiger charge is 2.56. The molecule has 0 spiro atoms. The van der Waals surface area contributed by atoms with Crippen LogP contribution >= 0.6 is 11.3 Å². The summed E-state index contributed by atoms with van der Waals surface area (Å²) in [5.74, 6) is 0.946. The molecule has 5 rings (SSSR count). The predicted octanol–water partition coefficient (Wildman–Crippen LogP) is 3.15. The molecule has 2 bridgehead atoms. The molecule has 2 aromatic rings. The molecule has 0 saturated heterocycles. The summed E-state index contributed by atoms with van der Waals surface area (Å²) in [7, 11) is -3.24. The Morgan fingerprint density at radius 3 is 2.45 bits per heavy atom. The van der Waals surface area contributed by atoms with Gasteiger partial charge in [-0.05, 0) is 37.3 Å². The number of nitrogens with zero attached hydrogens (tertiary/aromatic N) is 1. The van der Waals surface area contributed by atoms with E-state index < -0.39 is 10.0 Å². The van der Waals surface area contributed by atoms with E-state index in [9.17, 15) is 8.42 Å². The van der Waals surface area contributed by atoms with Gasteiger partial charge in [0, 0.05) is 22.2 Å². The van der Waals surface area contributed by atoms with Gasteiger partial charge in [0.2, 0.25) is 10.0 Å². The van der Waals surface area contributed by atoms with E-state index in [4.69, 9.17) is 0 Å². The lowest BCUT2D eigenvalue weighted by atomic mass is 9.50. The normalized spacial score (nSPS) is 26.0. The fourth-order valence-corrected chi connectivity index (χ4v) is 4.65. The van der Waals surface area contributed by atoms with Crippen molar-refractivity contribution >= 4 is 32.2 Å². The van der Waals surface area contributed by atoms with E-state index in [-0.39, 0.29) is 0 Å². The van der Waals surface area contributed by atoms with Crippen molar-refractivity contribution in [2.45, 2.75) is 24.8 Å². The van der Waals surface area contributed by atoms with Crippen LogP contribution in [0.3, 0.4) is 0 Å². The number of aromatic nitrogens is 1. The number of anilines is 2. The van der Waals surface area contributed by atoms with Crippen LogP contribution in [0.5, 0.6) is 0 Å². The Hall–Kier alpha value is -1.60. The molecule has 1 aromatic carbocycles. The molecule has 116 valence electrons. The summed E-state index contributed by atoms with van der Waals surface area (Å²) in [4.78, 5) is 4.65. The zero-order valence-electron chi connectivity index (χ0n) is 12.2. The molecule has 0 atom stereocenters. The molecule has 0 unspecified atom stereocenters. The first-order chi connectivity index (χ1) is 10.4. The van der Waals surface area contributed by atoms with E-state index in [2.05, 4.69) is 15.0 Å². The highest BCUT2D eigenvalue weighted by Crippen LogP contribution is 2.58. The molecule has 5 nitrogen and oxygen atoms in total. The molecule has 0 radical (unpaired) electrons. The van der Waals surface area contributed by atoms with Crippen LogP contribution in [-0.4, -0.2) is 25.2 Å². The second kappa shape index (κ2) is 4.70. The Balaban J connectivity index is 1.48. The van der Waals surface area contributed by atoms with Crippen molar-refractivity contribution in [2.75, 3.05) is 16.3 Å². The zero-order valence-corrected chi connectivity index (χ0v) is 13.8. The maximum Gasteiger partial charge on any atom is 0.229 e. The van der Waals surface area contributed by atoms with Gasteiger partial charge in [0.1, 0.15) is 0 Å². The van der Waals surface area contributed by atoms with Gasteiger partial charge in [-0.15, -0.1) is 11.3 Å². The van der Waals surface area contributed by atoms with Gasteiger partial charge >= 0.3 is 0 Å². The molecular formula is C15H17N3O2S2. The first kappa shape index (κ1) is 14.0. The van der Waals surface area contributed by atoms with Gasteiger partial charge in [-0.2, -0.15) is 0 Å². The molecule has 3 saturated carbocycles. The van der Waals surface area contributed by atoms with Crippen LogP contribution in [-0.2, 0) is 10.0 Å². The van der Waals surface area contributed by atoms with Gasteiger partial charge in [-0.1, -0.05) is 12.1 Å². The predicted molar refractivity (Wildman–Crippen MR) is 89.7 cm³/mol. The van der Waals surface area contributed by atoms with E-state index in [0.29, 0.717) is 11.2 Å². The standard InChI is InChI=1S/C15H17N3O2S2/c1-22(19,20)18-12-4-2-11(3-5-12)13-9-21-14(16-13)17-15-6-10(7-15)8-15/h2-5,9-10,18H,6-8H2,1H3,(H,16,17). The third kappa shape index (κ3) is 2.59. The highest BCUT2D eigenvalue weighted by molar-refractivity contribution is 7.92. The number of rotatable bonds is 5. The smallest absolute Gasteiger partial charge is 0.229 e. The van der Waals surface area contributed by atoms with Crippen molar-refractivity contribution in [1.29, 1.82) is 0 Å². The maximum absolute atomic E-state index is 11.2. The molecule has 7 heteroatoms. The van der Waals surface area contributed by atoms with Gasteiger partial charge < -0.3 is 5.32 Å². The van der Waals surface area contributed by atoms with Gasteiger partial charge in [0.05, 0.1) is 11.9 Å². The first-order valence-corrected chi connectivity index (χ1v) is 10.00. The van der Waals surface area contributed by atoms with Crippen molar-refractivity contribution in [3.8, 4) is 11.3 Å². The van der Waals surface area contributed by atoms with Crippen LogP contribution in [0.2, 0.25) is 0 Å². The summed E-state index contributed by atoms with van der Waals surface area (Å²) in [6, 6.07) is 7.27. The van der Waals surface area contributed by atoms with E-state index in [1.165, 1.54) is 19.3 Å². The monoisotopic (exact) mass is 335 g/mol. The minimum absolute atomic E-state index is 0.336. The third-order valence-corrected chi connectivity index (χ3v) is 5.76. The van der Waals surface area contributed by atoms with Gasteiger partial charge in [-0.25, -0.2) is 13.4 Å². The minimum atomic E-state index is -3.24. The lowest BCUT2D eigenvalue weighted by molar-refractivity contribution is 0.00213. The Labute approximate surface area is 133 Å². The minimum Gasteiger partial charge on any atom is -0.356 e. The van der Waals surface area contributed by atoms with Crippen molar-refractivity contribution in [3.63, 3.8) is 0 Å². The number of thiazole rings is 1. The molecule has 3 fully saturated rings. The van der Waals surface area contributed by atoms with Crippen LogP contribution in [0, 0.1) is 5.92 Å². The lowest BCUT2D eigenvalue weighted by Gasteiger charge is -2.61.